The maximum absolute atomic E-state index is 12.1. The number of hydrogen-bond donors (Lipinski definition) is 1. The van der Waals surface area contributed by atoms with E-state index in [1.54, 1.807) is 11.9 Å². The molecular weight excluding hydrogens is 205 g/mol. The molecule has 0 atom stereocenters. The molecule has 2 nitrogen and oxygen atoms in total. The van der Waals surface area contributed by atoms with Gasteiger partial charge in [0.1, 0.15) is 0 Å². The van der Waals surface area contributed by atoms with Gasteiger partial charge in [0.05, 0.1) is 6.42 Å². The average molecular weight is 224 g/mol. The minimum atomic E-state index is -4.07. The van der Waals surface area contributed by atoms with Gasteiger partial charge < -0.3 is 5.73 Å². The second-order valence-corrected chi connectivity index (χ2v) is 4.42. The summed E-state index contributed by atoms with van der Waals surface area (Å²) in [4.78, 5) is 1.80. The maximum atomic E-state index is 12.1. The zero-order chi connectivity index (χ0) is 11.5. The van der Waals surface area contributed by atoms with Crippen molar-refractivity contribution in [3.05, 3.63) is 0 Å². The van der Waals surface area contributed by atoms with Crippen LogP contribution in [0.25, 0.3) is 0 Å². The molecule has 1 aliphatic carbocycles. The van der Waals surface area contributed by atoms with Crippen LogP contribution in [0.3, 0.4) is 0 Å². The number of likely N-dealkylation sites (N-methyl/N-ethyl adjacent to an activating group) is 1. The van der Waals surface area contributed by atoms with E-state index in [9.17, 15) is 13.2 Å². The molecule has 0 unspecified atom stereocenters. The van der Waals surface area contributed by atoms with E-state index in [-0.39, 0.29) is 12.1 Å². The van der Waals surface area contributed by atoms with Crippen LogP contribution in [-0.4, -0.2) is 36.8 Å². The molecule has 0 aromatic rings. The molecule has 15 heavy (non-hydrogen) atoms. The first-order valence-corrected chi connectivity index (χ1v) is 5.38. The lowest BCUT2D eigenvalue weighted by Gasteiger charge is -2.38. The Bertz CT molecular complexity index is 197. The van der Waals surface area contributed by atoms with Gasteiger partial charge in [0, 0.05) is 18.6 Å². The molecule has 0 aromatic carbocycles. The van der Waals surface area contributed by atoms with Crippen LogP contribution in [0.4, 0.5) is 13.2 Å². The summed E-state index contributed by atoms with van der Waals surface area (Å²) in [7, 11) is 1.75. The molecule has 0 radical (unpaired) electrons. The quantitative estimate of drug-likeness (QED) is 0.792. The fourth-order valence-electron chi connectivity index (χ4n) is 2.31. The Kier molecular flexibility index (Phi) is 4.00. The summed E-state index contributed by atoms with van der Waals surface area (Å²) < 4.78 is 36.2. The highest BCUT2D eigenvalue weighted by Crippen LogP contribution is 2.34. The summed E-state index contributed by atoms with van der Waals surface area (Å²) in [5.74, 6) is 0. The minimum absolute atomic E-state index is 0.0562. The molecule has 2 N–H and O–H groups in total. The summed E-state index contributed by atoms with van der Waals surface area (Å²) in [6, 6.07) is 0. The number of hydrogen-bond acceptors (Lipinski definition) is 2. The van der Waals surface area contributed by atoms with Gasteiger partial charge in [-0.15, -0.1) is 0 Å². The maximum Gasteiger partial charge on any atom is 0.390 e. The van der Waals surface area contributed by atoms with E-state index < -0.39 is 12.6 Å². The van der Waals surface area contributed by atoms with Gasteiger partial charge in [-0.25, -0.2) is 0 Å². The van der Waals surface area contributed by atoms with E-state index in [4.69, 9.17) is 5.73 Å². The van der Waals surface area contributed by atoms with Crippen LogP contribution in [0.1, 0.15) is 32.1 Å². The van der Waals surface area contributed by atoms with Crippen LogP contribution < -0.4 is 5.73 Å². The Hall–Kier alpha value is -0.290. The van der Waals surface area contributed by atoms with Gasteiger partial charge in [0.2, 0.25) is 0 Å². The predicted molar refractivity (Wildman–Crippen MR) is 53.6 cm³/mol. The van der Waals surface area contributed by atoms with Crippen molar-refractivity contribution in [2.75, 3.05) is 20.1 Å². The highest BCUT2D eigenvalue weighted by Gasteiger charge is 2.38. The fraction of sp³-hybridized carbons (Fsp3) is 1.00. The standard InChI is InChI=1S/C10H19F3N2/c1-15(7-6-10(11,12)13)9(8-14)4-2-3-5-9/h2-8,14H2,1H3. The summed E-state index contributed by atoms with van der Waals surface area (Å²) in [6.07, 6.45) is -0.801. The molecule has 5 heteroatoms. The zero-order valence-corrected chi connectivity index (χ0v) is 9.11. The molecule has 1 fully saturated rings. The van der Waals surface area contributed by atoms with E-state index in [1.165, 1.54) is 0 Å². The number of rotatable bonds is 4. The van der Waals surface area contributed by atoms with Gasteiger partial charge in [-0.1, -0.05) is 12.8 Å². The number of halogens is 3. The largest absolute Gasteiger partial charge is 0.390 e. The van der Waals surface area contributed by atoms with E-state index in [0.717, 1.165) is 25.7 Å². The van der Waals surface area contributed by atoms with Crippen molar-refractivity contribution in [3.8, 4) is 0 Å². The van der Waals surface area contributed by atoms with Crippen LogP contribution in [0, 0.1) is 0 Å². The van der Waals surface area contributed by atoms with Crippen molar-refractivity contribution < 1.29 is 13.2 Å². The lowest BCUT2D eigenvalue weighted by molar-refractivity contribution is -0.140. The molecule has 1 saturated carbocycles. The van der Waals surface area contributed by atoms with Crippen molar-refractivity contribution in [1.82, 2.24) is 4.90 Å². The Morgan fingerprint density at radius 2 is 1.80 bits per heavy atom. The number of nitrogens with two attached hydrogens (primary N) is 1. The Morgan fingerprint density at radius 1 is 1.27 bits per heavy atom. The van der Waals surface area contributed by atoms with Crippen LogP contribution in [0.15, 0.2) is 0 Å². The Labute approximate surface area is 88.6 Å². The third-order valence-electron chi connectivity index (χ3n) is 3.45. The predicted octanol–water partition coefficient (Wildman–Crippen LogP) is 2.14. The minimum Gasteiger partial charge on any atom is -0.329 e. The first-order valence-electron chi connectivity index (χ1n) is 5.38. The molecule has 1 rings (SSSR count). The highest BCUT2D eigenvalue weighted by molar-refractivity contribution is 4.94. The van der Waals surface area contributed by atoms with Gasteiger partial charge in [-0.3, -0.25) is 4.90 Å². The SMILES string of the molecule is CN(CCC(F)(F)F)C1(CN)CCCC1. The average Bonchev–Trinajstić information content (AvgIpc) is 2.62. The summed E-state index contributed by atoms with van der Waals surface area (Å²) >= 11 is 0. The van der Waals surface area contributed by atoms with E-state index in [2.05, 4.69) is 0 Å². The van der Waals surface area contributed by atoms with E-state index >= 15 is 0 Å². The van der Waals surface area contributed by atoms with Crippen LogP contribution >= 0.6 is 0 Å². The smallest absolute Gasteiger partial charge is 0.329 e. The molecule has 0 spiro atoms. The Morgan fingerprint density at radius 3 is 2.20 bits per heavy atom. The van der Waals surface area contributed by atoms with Crippen LogP contribution in [-0.2, 0) is 0 Å². The first kappa shape index (κ1) is 12.8. The number of alkyl halides is 3. The first-order chi connectivity index (χ1) is 6.90. The van der Waals surface area contributed by atoms with Gasteiger partial charge in [-0.05, 0) is 19.9 Å². The molecule has 0 saturated heterocycles. The third kappa shape index (κ3) is 3.34. The third-order valence-corrected chi connectivity index (χ3v) is 3.45. The fourth-order valence-corrected chi connectivity index (χ4v) is 2.31. The van der Waals surface area contributed by atoms with Gasteiger partial charge >= 0.3 is 6.18 Å². The lowest BCUT2D eigenvalue weighted by atomic mass is 9.95. The molecule has 0 aliphatic heterocycles. The topological polar surface area (TPSA) is 29.3 Å². The van der Waals surface area contributed by atoms with Gasteiger partial charge in [0.25, 0.3) is 0 Å². The van der Waals surface area contributed by atoms with E-state index in [0.29, 0.717) is 6.54 Å². The molecule has 90 valence electrons. The van der Waals surface area contributed by atoms with Gasteiger partial charge in [-0.2, -0.15) is 13.2 Å². The van der Waals surface area contributed by atoms with Crippen LogP contribution in [0.5, 0.6) is 0 Å². The molecular formula is C10H19F3N2. The van der Waals surface area contributed by atoms with Crippen molar-refractivity contribution in [2.45, 2.75) is 43.8 Å². The second kappa shape index (κ2) is 4.70. The van der Waals surface area contributed by atoms with Crippen molar-refractivity contribution >= 4 is 0 Å². The number of nitrogens with zero attached hydrogens (tertiary/aromatic N) is 1. The highest BCUT2D eigenvalue weighted by atomic mass is 19.4. The zero-order valence-electron chi connectivity index (χ0n) is 9.11. The Balaban J connectivity index is 2.47. The lowest BCUT2D eigenvalue weighted by Crippen LogP contribution is -2.50. The molecule has 0 amide bonds. The molecule has 1 aliphatic rings. The normalized spacial score (nSPS) is 21.2. The summed E-state index contributed by atoms with van der Waals surface area (Å²) in [5.41, 5.74) is 5.51. The van der Waals surface area contributed by atoms with E-state index in [1.807, 2.05) is 0 Å². The van der Waals surface area contributed by atoms with Gasteiger partial charge in [0.15, 0.2) is 0 Å². The monoisotopic (exact) mass is 224 g/mol. The summed E-state index contributed by atoms with van der Waals surface area (Å²) in [6.45, 7) is 0.516. The van der Waals surface area contributed by atoms with Crippen molar-refractivity contribution in [1.29, 1.82) is 0 Å². The second-order valence-electron chi connectivity index (χ2n) is 4.42. The molecule has 0 aromatic heterocycles. The van der Waals surface area contributed by atoms with Crippen LogP contribution in [0.2, 0.25) is 0 Å². The van der Waals surface area contributed by atoms with Crippen molar-refractivity contribution in [3.63, 3.8) is 0 Å². The molecule has 0 heterocycles. The van der Waals surface area contributed by atoms with Crippen molar-refractivity contribution in [2.24, 2.45) is 5.73 Å². The molecule has 0 bridgehead atoms. The summed E-state index contributed by atoms with van der Waals surface area (Å²) in [5, 5.41) is 0.